The van der Waals surface area contributed by atoms with Crippen LogP contribution in [0.15, 0.2) is 12.4 Å². The Hall–Kier alpha value is -1.42. The number of hydrogen-bond donors (Lipinski definition) is 0. The number of aryl methyl sites for hydroxylation is 1. The lowest BCUT2D eigenvalue weighted by atomic mass is 10.1. The van der Waals surface area contributed by atoms with E-state index in [-0.39, 0.29) is 0 Å². The predicted octanol–water partition coefficient (Wildman–Crippen LogP) is 2.07. The molecule has 0 unspecified atom stereocenters. The molecule has 2 rings (SSSR count). The van der Waals surface area contributed by atoms with Gasteiger partial charge in [-0.3, -0.25) is 0 Å². The first-order valence-corrected chi connectivity index (χ1v) is 5.42. The van der Waals surface area contributed by atoms with E-state index in [9.17, 15) is 0 Å². The lowest BCUT2D eigenvalue weighted by Gasteiger charge is -2.07. The van der Waals surface area contributed by atoms with Gasteiger partial charge in [0.05, 0.1) is 12.1 Å². The van der Waals surface area contributed by atoms with Gasteiger partial charge in [-0.05, 0) is 25.0 Å². The van der Waals surface area contributed by atoms with Crippen LogP contribution in [0.4, 0.5) is 0 Å². The molecule has 2 aromatic heterocycles. The van der Waals surface area contributed by atoms with Gasteiger partial charge in [0.25, 0.3) is 0 Å². The third-order valence-electron chi connectivity index (χ3n) is 2.81. The first-order chi connectivity index (χ1) is 7.59. The molecule has 0 saturated heterocycles. The number of aromatic nitrogens is 4. The van der Waals surface area contributed by atoms with Crippen molar-refractivity contribution < 1.29 is 0 Å². The highest BCUT2D eigenvalue weighted by atomic mass is 35.5. The first-order valence-electron chi connectivity index (χ1n) is 5.04. The van der Waals surface area contributed by atoms with E-state index >= 15 is 0 Å². The Labute approximate surface area is 99.3 Å². The van der Waals surface area contributed by atoms with Crippen LogP contribution in [0.3, 0.4) is 0 Å². The van der Waals surface area contributed by atoms with Gasteiger partial charge >= 0.3 is 0 Å². The lowest BCUT2D eigenvalue weighted by molar-refractivity contribution is 0.791. The molecule has 0 saturated carbocycles. The molecule has 16 heavy (non-hydrogen) atoms. The summed E-state index contributed by atoms with van der Waals surface area (Å²) in [6, 6.07) is 0. The predicted molar refractivity (Wildman–Crippen MR) is 62.5 cm³/mol. The zero-order valence-electron chi connectivity index (χ0n) is 9.53. The number of hydrogen-bond acceptors (Lipinski definition) is 3. The van der Waals surface area contributed by atoms with Crippen LogP contribution in [0.5, 0.6) is 0 Å². The monoisotopic (exact) mass is 236 g/mol. The first kappa shape index (κ1) is 11.1. The van der Waals surface area contributed by atoms with Crippen molar-refractivity contribution in [1.82, 2.24) is 19.7 Å². The molecule has 84 valence electrons. The molecular weight excluding hydrogens is 224 g/mol. The van der Waals surface area contributed by atoms with Gasteiger partial charge in [0.1, 0.15) is 5.82 Å². The van der Waals surface area contributed by atoms with Gasteiger partial charge in [0, 0.05) is 19.4 Å². The second-order valence-corrected chi connectivity index (χ2v) is 4.18. The molecule has 5 heteroatoms. The minimum Gasteiger partial charge on any atom is -0.338 e. The lowest BCUT2D eigenvalue weighted by Crippen LogP contribution is -2.05. The molecule has 0 spiro atoms. The van der Waals surface area contributed by atoms with Gasteiger partial charge in [-0.25, -0.2) is 4.98 Å². The normalized spacial score (nSPS) is 10.8. The summed E-state index contributed by atoms with van der Waals surface area (Å²) in [5.41, 5.74) is 3.00. The zero-order chi connectivity index (χ0) is 11.7. The highest BCUT2D eigenvalue weighted by molar-refractivity contribution is 6.30. The molecular formula is C11H13ClN4. The minimum atomic E-state index is 0.473. The van der Waals surface area contributed by atoms with Crippen LogP contribution in [0.1, 0.15) is 22.6 Å². The number of halogens is 1. The molecule has 0 atom stereocenters. The summed E-state index contributed by atoms with van der Waals surface area (Å²) in [4.78, 5) is 4.27. The van der Waals surface area contributed by atoms with E-state index in [0.717, 1.165) is 22.6 Å². The Balaban J connectivity index is 2.36. The fourth-order valence-corrected chi connectivity index (χ4v) is 1.69. The van der Waals surface area contributed by atoms with Gasteiger partial charge in [-0.1, -0.05) is 11.6 Å². The molecule has 0 aliphatic rings. The SMILES string of the molecule is Cc1c(Cl)nnc(Cc2nccn2C)c1C. The van der Waals surface area contributed by atoms with Crippen molar-refractivity contribution in [1.29, 1.82) is 0 Å². The van der Waals surface area contributed by atoms with Crippen LogP contribution in [0, 0.1) is 13.8 Å². The summed E-state index contributed by atoms with van der Waals surface area (Å²) in [5.74, 6) is 0.971. The number of imidazole rings is 1. The maximum Gasteiger partial charge on any atom is 0.154 e. The topological polar surface area (TPSA) is 43.6 Å². The van der Waals surface area contributed by atoms with Gasteiger partial charge in [-0.15, -0.1) is 5.10 Å². The van der Waals surface area contributed by atoms with Crippen LogP contribution in [0.2, 0.25) is 5.15 Å². The third kappa shape index (κ3) is 1.93. The minimum absolute atomic E-state index is 0.473. The van der Waals surface area contributed by atoms with E-state index in [4.69, 9.17) is 11.6 Å². The average molecular weight is 237 g/mol. The molecule has 0 radical (unpaired) electrons. The van der Waals surface area contributed by atoms with E-state index in [0.29, 0.717) is 11.6 Å². The maximum absolute atomic E-state index is 5.90. The fraction of sp³-hybridized carbons (Fsp3) is 0.364. The summed E-state index contributed by atoms with van der Waals surface area (Å²) >= 11 is 5.90. The molecule has 2 heterocycles. The molecule has 4 nitrogen and oxygen atoms in total. The van der Waals surface area contributed by atoms with Crippen molar-refractivity contribution in [3.63, 3.8) is 0 Å². The molecule has 0 N–H and O–H groups in total. The molecule has 0 aliphatic carbocycles. The molecule has 0 fully saturated rings. The molecule has 0 aliphatic heterocycles. The van der Waals surface area contributed by atoms with Gasteiger partial charge in [0.2, 0.25) is 0 Å². The van der Waals surface area contributed by atoms with Crippen molar-refractivity contribution in [2.75, 3.05) is 0 Å². The Morgan fingerprint density at radius 2 is 2.00 bits per heavy atom. The van der Waals surface area contributed by atoms with E-state index in [1.54, 1.807) is 6.20 Å². The fourth-order valence-electron chi connectivity index (χ4n) is 1.51. The van der Waals surface area contributed by atoms with Crippen LogP contribution >= 0.6 is 11.6 Å². The summed E-state index contributed by atoms with van der Waals surface area (Å²) in [6.07, 6.45) is 4.38. The summed E-state index contributed by atoms with van der Waals surface area (Å²) < 4.78 is 1.98. The van der Waals surface area contributed by atoms with Gasteiger partial charge < -0.3 is 4.57 Å². The van der Waals surface area contributed by atoms with E-state index in [1.165, 1.54) is 0 Å². The van der Waals surface area contributed by atoms with Crippen LogP contribution in [0.25, 0.3) is 0 Å². The van der Waals surface area contributed by atoms with Gasteiger partial charge in [0.15, 0.2) is 5.15 Å². The van der Waals surface area contributed by atoms with Crippen molar-refractivity contribution in [3.05, 3.63) is 40.2 Å². The highest BCUT2D eigenvalue weighted by Gasteiger charge is 2.10. The van der Waals surface area contributed by atoms with Crippen molar-refractivity contribution in [2.24, 2.45) is 7.05 Å². The molecule has 2 aromatic rings. The summed E-state index contributed by atoms with van der Waals surface area (Å²) in [7, 11) is 1.97. The zero-order valence-corrected chi connectivity index (χ0v) is 10.3. The second kappa shape index (κ2) is 4.22. The number of nitrogens with zero attached hydrogens (tertiary/aromatic N) is 4. The molecule has 0 aromatic carbocycles. The Bertz CT molecular complexity index is 519. The van der Waals surface area contributed by atoms with Crippen molar-refractivity contribution in [2.45, 2.75) is 20.3 Å². The average Bonchev–Trinajstić information content (AvgIpc) is 2.65. The Morgan fingerprint density at radius 3 is 2.62 bits per heavy atom. The van der Waals surface area contributed by atoms with E-state index in [1.807, 2.05) is 31.7 Å². The standard InChI is InChI=1S/C11H13ClN4/c1-7-8(2)11(12)15-14-9(7)6-10-13-4-5-16(10)3/h4-5H,6H2,1-3H3. The second-order valence-electron chi connectivity index (χ2n) is 3.82. The van der Waals surface area contributed by atoms with Crippen molar-refractivity contribution >= 4 is 11.6 Å². The smallest absolute Gasteiger partial charge is 0.154 e. The summed E-state index contributed by atoms with van der Waals surface area (Å²) in [6.45, 7) is 3.96. The van der Waals surface area contributed by atoms with Crippen LogP contribution in [-0.2, 0) is 13.5 Å². The third-order valence-corrected chi connectivity index (χ3v) is 3.17. The Kier molecular flexibility index (Phi) is 2.92. The van der Waals surface area contributed by atoms with E-state index in [2.05, 4.69) is 15.2 Å². The number of rotatable bonds is 2. The quantitative estimate of drug-likeness (QED) is 0.802. The van der Waals surface area contributed by atoms with Crippen LogP contribution < -0.4 is 0 Å². The molecule has 0 amide bonds. The highest BCUT2D eigenvalue weighted by Crippen LogP contribution is 2.18. The maximum atomic E-state index is 5.90. The van der Waals surface area contributed by atoms with Gasteiger partial charge in [-0.2, -0.15) is 5.10 Å². The largest absolute Gasteiger partial charge is 0.338 e. The van der Waals surface area contributed by atoms with Crippen molar-refractivity contribution in [3.8, 4) is 0 Å². The molecule has 0 bridgehead atoms. The van der Waals surface area contributed by atoms with E-state index < -0.39 is 0 Å². The summed E-state index contributed by atoms with van der Waals surface area (Å²) in [5, 5.41) is 8.52. The van der Waals surface area contributed by atoms with Crippen LogP contribution in [-0.4, -0.2) is 19.7 Å². The Morgan fingerprint density at radius 1 is 1.25 bits per heavy atom.